The van der Waals surface area contributed by atoms with Crippen LogP contribution in [0.4, 0.5) is 0 Å². The van der Waals surface area contributed by atoms with Gasteiger partial charge in [-0.25, -0.2) is 4.98 Å². The van der Waals surface area contributed by atoms with Gasteiger partial charge in [-0.3, -0.25) is 4.79 Å². The first-order chi connectivity index (χ1) is 10.1. The summed E-state index contributed by atoms with van der Waals surface area (Å²) in [4.78, 5) is 19.2. The number of benzene rings is 1. The van der Waals surface area contributed by atoms with Gasteiger partial charge in [-0.05, 0) is 26.0 Å². The number of aromatic nitrogens is 2. The van der Waals surface area contributed by atoms with Gasteiger partial charge in [0.05, 0.1) is 30.7 Å². The van der Waals surface area contributed by atoms with E-state index >= 15 is 0 Å². The Morgan fingerprint density at radius 2 is 2.19 bits per heavy atom. The fourth-order valence-electron chi connectivity index (χ4n) is 1.96. The van der Waals surface area contributed by atoms with Crippen LogP contribution in [0.2, 0.25) is 0 Å². The smallest absolute Gasteiger partial charge is 0.306 e. The number of hydrogen-bond donors (Lipinski definition) is 1. The molecule has 0 aliphatic rings. The van der Waals surface area contributed by atoms with Crippen LogP contribution in [0.25, 0.3) is 11.0 Å². The normalized spacial score (nSPS) is 12.3. The number of nitrogens with one attached hydrogen (secondary N) is 1. The fraction of sp³-hybridized carbons (Fsp3) is 0.467. The average molecular weight is 308 g/mol. The molecule has 114 valence electrons. The van der Waals surface area contributed by atoms with Crippen molar-refractivity contribution in [3.8, 4) is 5.75 Å². The first kappa shape index (κ1) is 15.7. The molecule has 2 aromatic rings. The molecular weight excluding hydrogens is 288 g/mol. The van der Waals surface area contributed by atoms with Crippen molar-refractivity contribution in [1.29, 1.82) is 0 Å². The van der Waals surface area contributed by atoms with Crippen LogP contribution in [-0.4, -0.2) is 34.4 Å². The molecule has 1 aromatic carbocycles. The number of fused-ring (bicyclic) bond motifs is 1. The van der Waals surface area contributed by atoms with Gasteiger partial charge in [-0.2, -0.15) is 0 Å². The molecule has 0 aliphatic heterocycles. The summed E-state index contributed by atoms with van der Waals surface area (Å²) in [6, 6.07) is 5.77. The predicted octanol–water partition coefficient (Wildman–Crippen LogP) is 3.40. The van der Waals surface area contributed by atoms with E-state index in [-0.39, 0.29) is 11.2 Å². The number of nitrogens with zero attached hydrogens (tertiary/aromatic N) is 1. The highest BCUT2D eigenvalue weighted by Gasteiger charge is 2.14. The SMILES string of the molecule is CCOC(=O)CC(C)Sc1nc2ccc(OCC)cc2[nH]1. The van der Waals surface area contributed by atoms with E-state index in [1.165, 1.54) is 11.8 Å². The van der Waals surface area contributed by atoms with E-state index in [1.54, 1.807) is 0 Å². The first-order valence-electron chi connectivity index (χ1n) is 7.07. The summed E-state index contributed by atoms with van der Waals surface area (Å²) in [7, 11) is 0. The minimum absolute atomic E-state index is 0.107. The van der Waals surface area contributed by atoms with Crippen molar-refractivity contribution in [3.05, 3.63) is 18.2 Å². The van der Waals surface area contributed by atoms with Gasteiger partial charge in [0.25, 0.3) is 0 Å². The highest BCUT2D eigenvalue weighted by Crippen LogP contribution is 2.27. The number of H-pyrrole nitrogens is 1. The van der Waals surface area contributed by atoms with E-state index in [0.29, 0.717) is 19.6 Å². The van der Waals surface area contributed by atoms with Crippen LogP contribution in [0, 0.1) is 0 Å². The van der Waals surface area contributed by atoms with E-state index in [2.05, 4.69) is 9.97 Å². The Kier molecular flexibility index (Phi) is 5.50. The molecule has 0 fully saturated rings. The number of ether oxygens (including phenoxy) is 2. The maximum atomic E-state index is 11.4. The second-order valence-electron chi connectivity index (χ2n) is 4.59. The summed E-state index contributed by atoms with van der Waals surface area (Å²) >= 11 is 1.53. The number of carbonyl (C=O) groups excluding carboxylic acids is 1. The van der Waals surface area contributed by atoms with Crippen molar-refractivity contribution in [2.75, 3.05) is 13.2 Å². The highest BCUT2D eigenvalue weighted by atomic mass is 32.2. The van der Waals surface area contributed by atoms with Crippen LogP contribution in [0.1, 0.15) is 27.2 Å². The lowest BCUT2D eigenvalue weighted by molar-refractivity contribution is -0.142. The van der Waals surface area contributed by atoms with E-state index < -0.39 is 0 Å². The van der Waals surface area contributed by atoms with Gasteiger partial charge < -0.3 is 14.5 Å². The molecule has 1 atom stereocenters. The zero-order valence-electron chi connectivity index (χ0n) is 12.5. The second kappa shape index (κ2) is 7.36. The molecule has 5 nitrogen and oxygen atoms in total. The Labute approximate surface area is 128 Å². The van der Waals surface area contributed by atoms with Gasteiger partial charge in [0.2, 0.25) is 0 Å². The monoisotopic (exact) mass is 308 g/mol. The third kappa shape index (κ3) is 4.39. The third-order valence-corrected chi connectivity index (χ3v) is 3.80. The van der Waals surface area contributed by atoms with Crippen LogP contribution in [-0.2, 0) is 9.53 Å². The zero-order valence-corrected chi connectivity index (χ0v) is 13.3. The molecule has 0 amide bonds. The maximum absolute atomic E-state index is 11.4. The zero-order chi connectivity index (χ0) is 15.2. The number of imidazole rings is 1. The van der Waals surface area contributed by atoms with Crippen LogP contribution in [0.5, 0.6) is 5.75 Å². The number of thioether (sulfide) groups is 1. The van der Waals surface area contributed by atoms with E-state index in [4.69, 9.17) is 9.47 Å². The van der Waals surface area contributed by atoms with Gasteiger partial charge in [0.15, 0.2) is 5.16 Å². The molecule has 0 bridgehead atoms. The van der Waals surface area contributed by atoms with Gasteiger partial charge >= 0.3 is 5.97 Å². The second-order valence-corrected chi connectivity index (χ2v) is 6.02. The molecular formula is C15H20N2O3S. The third-order valence-electron chi connectivity index (χ3n) is 2.81. The number of hydrogen-bond acceptors (Lipinski definition) is 5. The number of carbonyl (C=O) groups is 1. The molecule has 2 rings (SSSR count). The Balaban J connectivity index is 2.03. The van der Waals surface area contributed by atoms with Crippen molar-refractivity contribution in [2.45, 2.75) is 37.6 Å². The number of esters is 1. The number of aromatic amines is 1. The minimum atomic E-state index is -0.174. The Morgan fingerprint density at radius 1 is 1.38 bits per heavy atom. The lowest BCUT2D eigenvalue weighted by atomic mass is 10.3. The van der Waals surface area contributed by atoms with Crippen molar-refractivity contribution < 1.29 is 14.3 Å². The molecule has 21 heavy (non-hydrogen) atoms. The minimum Gasteiger partial charge on any atom is -0.494 e. The maximum Gasteiger partial charge on any atom is 0.306 e. The standard InChI is InChI=1S/C15H20N2O3S/c1-4-19-11-6-7-12-13(9-11)17-15(16-12)21-10(3)8-14(18)20-5-2/h6-7,9-10H,4-5,8H2,1-3H3,(H,16,17). The van der Waals surface area contributed by atoms with Crippen molar-refractivity contribution in [1.82, 2.24) is 9.97 Å². The first-order valence-corrected chi connectivity index (χ1v) is 7.95. The van der Waals surface area contributed by atoms with Crippen molar-refractivity contribution >= 4 is 28.8 Å². The summed E-state index contributed by atoms with van der Waals surface area (Å²) in [6.45, 7) is 6.81. The quantitative estimate of drug-likeness (QED) is 0.627. The lowest BCUT2D eigenvalue weighted by Crippen LogP contribution is -2.10. The summed E-state index contributed by atoms with van der Waals surface area (Å²) in [5.74, 6) is 0.650. The molecule has 0 radical (unpaired) electrons. The van der Waals surface area contributed by atoms with Crippen LogP contribution < -0.4 is 4.74 Å². The Hall–Kier alpha value is -1.69. The molecule has 1 unspecified atom stereocenters. The molecule has 0 spiro atoms. The molecule has 0 saturated heterocycles. The Bertz CT molecular complexity index is 612. The highest BCUT2D eigenvalue weighted by molar-refractivity contribution is 7.99. The van der Waals surface area contributed by atoms with Crippen LogP contribution in [0.3, 0.4) is 0 Å². The fourth-order valence-corrected chi connectivity index (χ4v) is 2.88. The summed E-state index contributed by atoms with van der Waals surface area (Å²) in [5, 5.41) is 0.909. The topological polar surface area (TPSA) is 64.2 Å². The molecule has 0 aliphatic carbocycles. The summed E-state index contributed by atoms with van der Waals surface area (Å²) in [5.41, 5.74) is 1.83. The molecule has 1 aromatic heterocycles. The summed E-state index contributed by atoms with van der Waals surface area (Å²) < 4.78 is 10.4. The van der Waals surface area contributed by atoms with E-state index in [1.807, 2.05) is 39.0 Å². The van der Waals surface area contributed by atoms with E-state index in [0.717, 1.165) is 21.9 Å². The Morgan fingerprint density at radius 3 is 2.90 bits per heavy atom. The molecule has 0 saturated carbocycles. The van der Waals surface area contributed by atoms with Crippen LogP contribution >= 0.6 is 11.8 Å². The molecule has 1 heterocycles. The number of rotatable bonds is 7. The van der Waals surface area contributed by atoms with Crippen molar-refractivity contribution in [2.24, 2.45) is 0 Å². The van der Waals surface area contributed by atoms with Gasteiger partial charge in [0, 0.05) is 11.3 Å². The predicted molar refractivity (Wildman–Crippen MR) is 83.8 cm³/mol. The van der Waals surface area contributed by atoms with Crippen molar-refractivity contribution in [3.63, 3.8) is 0 Å². The van der Waals surface area contributed by atoms with Gasteiger partial charge in [-0.1, -0.05) is 18.7 Å². The lowest BCUT2D eigenvalue weighted by Gasteiger charge is -2.07. The van der Waals surface area contributed by atoms with Gasteiger partial charge in [0.1, 0.15) is 5.75 Å². The van der Waals surface area contributed by atoms with Crippen LogP contribution in [0.15, 0.2) is 23.4 Å². The molecule has 6 heteroatoms. The largest absolute Gasteiger partial charge is 0.494 e. The average Bonchev–Trinajstić information content (AvgIpc) is 2.80. The molecule has 1 N–H and O–H groups in total. The van der Waals surface area contributed by atoms with E-state index in [9.17, 15) is 4.79 Å². The van der Waals surface area contributed by atoms with Gasteiger partial charge in [-0.15, -0.1) is 0 Å². The summed E-state index contributed by atoms with van der Waals surface area (Å²) in [6.07, 6.45) is 0.375.